The molecule has 0 saturated carbocycles. The summed E-state index contributed by atoms with van der Waals surface area (Å²) in [6.45, 7) is 6.56. The highest BCUT2D eigenvalue weighted by Crippen LogP contribution is 2.25. The van der Waals surface area contributed by atoms with E-state index in [-0.39, 0.29) is 0 Å². The van der Waals surface area contributed by atoms with Crippen molar-refractivity contribution in [3.05, 3.63) is 68.7 Å². The molecule has 0 bridgehead atoms. The van der Waals surface area contributed by atoms with Gasteiger partial charge in [0.2, 0.25) is 0 Å². The summed E-state index contributed by atoms with van der Waals surface area (Å²) in [5, 5.41) is 3.46. The van der Waals surface area contributed by atoms with Crippen molar-refractivity contribution in [3.63, 3.8) is 0 Å². The molecule has 1 nitrogen and oxygen atoms in total. The van der Waals surface area contributed by atoms with Crippen molar-refractivity contribution < 1.29 is 0 Å². The van der Waals surface area contributed by atoms with Crippen LogP contribution in [-0.4, -0.2) is 7.05 Å². The van der Waals surface area contributed by atoms with E-state index in [4.69, 9.17) is 0 Å². The third-order valence-corrected chi connectivity index (χ3v) is 4.43. The largest absolute Gasteiger partial charge is 0.313 e. The molecule has 0 aliphatic carbocycles. The minimum atomic E-state index is 0.351. The molecule has 0 aliphatic heterocycles. The van der Waals surface area contributed by atoms with Gasteiger partial charge in [-0.2, -0.15) is 0 Å². The number of aryl methyl sites for hydroxylation is 3. The Morgan fingerprint density at radius 2 is 1.70 bits per heavy atom. The molecule has 0 aliphatic rings. The molecule has 0 heterocycles. The van der Waals surface area contributed by atoms with Crippen molar-refractivity contribution in [1.29, 1.82) is 0 Å². The summed E-state index contributed by atoms with van der Waals surface area (Å²) in [5.74, 6) is 0. The van der Waals surface area contributed by atoms with Gasteiger partial charge in [-0.25, -0.2) is 0 Å². The lowest BCUT2D eigenvalue weighted by molar-refractivity contribution is 0.588. The molecule has 106 valence electrons. The quantitative estimate of drug-likeness (QED) is 0.842. The fraction of sp³-hybridized carbons (Fsp3) is 0.333. The predicted octanol–water partition coefficient (Wildman–Crippen LogP) is 4.88. The Balaban J connectivity index is 2.31. The van der Waals surface area contributed by atoms with Crippen molar-refractivity contribution in [2.45, 2.75) is 33.2 Å². The molecule has 1 N–H and O–H groups in total. The van der Waals surface area contributed by atoms with Gasteiger partial charge >= 0.3 is 0 Å². The Morgan fingerprint density at radius 1 is 1.00 bits per heavy atom. The standard InChI is InChI=1S/C18H22BrN/c1-12-8-14(3)17(9-13(12)2)18(20-4)11-15-6-5-7-16(19)10-15/h5-10,18,20H,11H2,1-4H3. The molecular weight excluding hydrogens is 310 g/mol. The fourth-order valence-corrected chi connectivity index (χ4v) is 3.07. The molecule has 0 spiro atoms. The van der Waals surface area contributed by atoms with Crippen molar-refractivity contribution in [1.82, 2.24) is 5.32 Å². The number of rotatable bonds is 4. The van der Waals surface area contributed by atoms with Gasteiger partial charge in [0, 0.05) is 10.5 Å². The summed E-state index contributed by atoms with van der Waals surface area (Å²) in [6, 6.07) is 13.5. The maximum Gasteiger partial charge on any atom is 0.0361 e. The maximum atomic E-state index is 3.55. The van der Waals surface area contributed by atoms with Crippen LogP contribution < -0.4 is 5.32 Å². The Labute approximate surface area is 130 Å². The topological polar surface area (TPSA) is 12.0 Å². The van der Waals surface area contributed by atoms with Crippen molar-refractivity contribution >= 4 is 15.9 Å². The number of likely N-dealkylation sites (N-methyl/N-ethyl adjacent to an activating group) is 1. The van der Waals surface area contributed by atoms with Gasteiger partial charge in [-0.3, -0.25) is 0 Å². The zero-order chi connectivity index (χ0) is 14.7. The summed E-state index contributed by atoms with van der Waals surface area (Å²) in [7, 11) is 2.04. The minimum Gasteiger partial charge on any atom is -0.313 e. The number of hydrogen-bond donors (Lipinski definition) is 1. The molecule has 2 aromatic rings. The Kier molecular flexibility index (Phi) is 5.00. The van der Waals surface area contributed by atoms with E-state index < -0.39 is 0 Å². The first-order valence-corrected chi connectivity index (χ1v) is 7.80. The molecule has 0 fully saturated rings. The van der Waals surface area contributed by atoms with Crippen LogP contribution >= 0.6 is 15.9 Å². The molecular formula is C18H22BrN. The second-order valence-corrected chi connectivity index (χ2v) is 6.38. The third-order valence-electron chi connectivity index (χ3n) is 3.94. The van der Waals surface area contributed by atoms with Crippen LogP contribution in [0.1, 0.15) is 33.9 Å². The smallest absolute Gasteiger partial charge is 0.0361 e. The average Bonchev–Trinajstić information content (AvgIpc) is 2.40. The fourth-order valence-electron chi connectivity index (χ4n) is 2.63. The minimum absolute atomic E-state index is 0.351. The van der Waals surface area contributed by atoms with Gasteiger partial charge in [0.05, 0.1) is 0 Å². The summed E-state index contributed by atoms with van der Waals surface area (Å²) in [6.07, 6.45) is 0.999. The van der Waals surface area contributed by atoms with Crippen LogP contribution in [0.5, 0.6) is 0 Å². The number of halogens is 1. The van der Waals surface area contributed by atoms with E-state index in [0.29, 0.717) is 6.04 Å². The van der Waals surface area contributed by atoms with Gasteiger partial charge in [-0.1, -0.05) is 40.2 Å². The first-order chi connectivity index (χ1) is 9.51. The van der Waals surface area contributed by atoms with Crippen LogP contribution in [0.4, 0.5) is 0 Å². The van der Waals surface area contributed by atoms with Crippen molar-refractivity contribution in [2.24, 2.45) is 0 Å². The number of hydrogen-bond acceptors (Lipinski definition) is 1. The monoisotopic (exact) mass is 331 g/mol. The molecule has 0 saturated heterocycles. The number of benzene rings is 2. The van der Waals surface area contributed by atoms with Gasteiger partial charge in [0.1, 0.15) is 0 Å². The molecule has 0 radical (unpaired) electrons. The number of nitrogens with one attached hydrogen (secondary N) is 1. The summed E-state index contributed by atoms with van der Waals surface area (Å²) in [5.41, 5.74) is 6.83. The van der Waals surface area contributed by atoms with Gasteiger partial charge in [0.25, 0.3) is 0 Å². The normalized spacial score (nSPS) is 12.4. The van der Waals surface area contributed by atoms with Crippen LogP contribution in [0.3, 0.4) is 0 Å². The van der Waals surface area contributed by atoms with Crippen molar-refractivity contribution in [2.75, 3.05) is 7.05 Å². The molecule has 2 rings (SSSR count). The summed E-state index contributed by atoms with van der Waals surface area (Å²) in [4.78, 5) is 0. The molecule has 1 atom stereocenters. The van der Waals surface area contributed by atoms with E-state index in [2.05, 4.69) is 78.4 Å². The lowest BCUT2D eigenvalue weighted by Crippen LogP contribution is -2.20. The highest BCUT2D eigenvalue weighted by Gasteiger charge is 2.14. The molecule has 2 heteroatoms. The Morgan fingerprint density at radius 3 is 2.35 bits per heavy atom. The average molecular weight is 332 g/mol. The van der Waals surface area contributed by atoms with Crippen LogP contribution in [0.25, 0.3) is 0 Å². The van der Waals surface area contributed by atoms with E-state index in [1.165, 1.54) is 27.8 Å². The molecule has 0 aromatic heterocycles. The molecule has 0 amide bonds. The lowest BCUT2D eigenvalue weighted by Gasteiger charge is -2.21. The maximum absolute atomic E-state index is 3.55. The molecule has 1 unspecified atom stereocenters. The van der Waals surface area contributed by atoms with E-state index >= 15 is 0 Å². The highest BCUT2D eigenvalue weighted by molar-refractivity contribution is 9.10. The van der Waals surface area contributed by atoms with Crippen LogP contribution in [0.15, 0.2) is 40.9 Å². The van der Waals surface area contributed by atoms with Gasteiger partial charge in [0.15, 0.2) is 0 Å². The molecule has 2 aromatic carbocycles. The first-order valence-electron chi connectivity index (χ1n) is 7.00. The van der Waals surface area contributed by atoms with Gasteiger partial charge < -0.3 is 5.32 Å². The van der Waals surface area contributed by atoms with Crippen molar-refractivity contribution in [3.8, 4) is 0 Å². The first kappa shape index (κ1) is 15.3. The lowest BCUT2D eigenvalue weighted by atomic mass is 9.92. The van der Waals surface area contributed by atoms with E-state index in [1.54, 1.807) is 0 Å². The zero-order valence-electron chi connectivity index (χ0n) is 12.6. The van der Waals surface area contributed by atoms with E-state index in [1.807, 2.05) is 7.05 Å². The van der Waals surface area contributed by atoms with E-state index in [9.17, 15) is 0 Å². The van der Waals surface area contributed by atoms with E-state index in [0.717, 1.165) is 10.9 Å². The predicted molar refractivity (Wildman–Crippen MR) is 90.3 cm³/mol. The second-order valence-electron chi connectivity index (χ2n) is 5.47. The van der Waals surface area contributed by atoms with Gasteiger partial charge in [-0.15, -0.1) is 0 Å². The Bertz CT molecular complexity index is 604. The Hall–Kier alpha value is -1.12. The SMILES string of the molecule is CNC(Cc1cccc(Br)c1)c1cc(C)c(C)cc1C. The van der Waals surface area contributed by atoms with Crippen LogP contribution in [0.2, 0.25) is 0 Å². The summed E-state index contributed by atoms with van der Waals surface area (Å²) >= 11 is 3.55. The van der Waals surface area contributed by atoms with Gasteiger partial charge in [-0.05, 0) is 74.2 Å². The zero-order valence-corrected chi connectivity index (χ0v) is 14.2. The highest BCUT2D eigenvalue weighted by atomic mass is 79.9. The van der Waals surface area contributed by atoms with Crippen LogP contribution in [-0.2, 0) is 6.42 Å². The molecule has 20 heavy (non-hydrogen) atoms. The third kappa shape index (κ3) is 3.50. The second kappa shape index (κ2) is 6.55. The summed E-state index contributed by atoms with van der Waals surface area (Å²) < 4.78 is 1.14. The van der Waals surface area contributed by atoms with Crippen LogP contribution in [0, 0.1) is 20.8 Å².